The van der Waals surface area contributed by atoms with Gasteiger partial charge in [0.1, 0.15) is 22.3 Å². The molecule has 332 valence electrons. The molecule has 0 saturated carbocycles. The summed E-state index contributed by atoms with van der Waals surface area (Å²) < 4.78 is 18.6. The molecule has 11 aromatic carbocycles. The SMILES string of the molecule is c1ccc(-n2c3ccccc3c3ccccc32)c(-c2ccc(N(c3ccc(-c4cccc5c4oc4ccccc45)cc3)c3ccc(-c4cccc5c4sc4ccccc45)cc3)c3c2oc2ccccc23)c1. The number of hydrogen-bond acceptors (Lipinski definition) is 4. The average Bonchev–Trinajstić information content (AvgIpc) is 4.21. The first kappa shape index (κ1) is 39.8. The molecule has 4 nitrogen and oxygen atoms in total. The lowest BCUT2D eigenvalue weighted by atomic mass is 9.97. The molecule has 4 aromatic heterocycles. The van der Waals surface area contributed by atoms with Crippen LogP contribution in [0, 0.1) is 0 Å². The van der Waals surface area contributed by atoms with Crippen LogP contribution in [0.15, 0.2) is 251 Å². The van der Waals surface area contributed by atoms with E-state index >= 15 is 0 Å². The zero-order valence-corrected chi connectivity index (χ0v) is 39.0. The predicted molar refractivity (Wildman–Crippen MR) is 299 cm³/mol. The third-order valence-electron chi connectivity index (χ3n) is 14.4. The van der Waals surface area contributed by atoms with E-state index in [2.05, 4.69) is 240 Å². The first-order chi connectivity index (χ1) is 35.2. The van der Waals surface area contributed by atoms with Crippen molar-refractivity contribution in [3.8, 4) is 39.1 Å². The molecule has 15 aromatic rings. The van der Waals surface area contributed by atoms with Crippen LogP contribution in [-0.4, -0.2) is 4.57 Å². The molecule has 0 atom stereocenters. The highest BCUT2D eigenvalue weighted by molar-refractivity contribution is 7.26. The Labute approximate surface area is 412 Å². The van der Waals surface area contributed by atoms with Gasteiger partial charge in [0.15, 0.2) is 0 Å². The van der Waals surface area contributed by atoms with Crippen molar-refractivity contribution in [1.29, 1.82) is 0 Å². The molecule has 71 heavy (non-hydrogen) atoms. The predicted octanol–water partition coefficient (Wildman–Crippen LogP) is 19.4. The number of hydrogen-bond donors (Lipinski definition) is 0. The molecule has 0 bridgehead atoms. The van der Waals surface area contributed by atoms with E-state index < -0.39 is 0 Å². The van der Waals surface area contributed by atoms with Crippen LogP contribution in [0.1, 0.15) is 0 Å². The minimum atomic E-state index is 0.836. The summed E-state index contributed by atoms with van der Waals surface area (Å²) in [5.41, 5.74) is 16.6. The van der Waals surface area contributed by atoms with Crippen LogP contribution in [0.25, 0.3) is 125 Å². The van der Waals surface area contributed by atoms with Crippen LogP contribution in [0.2, 0.25) is 0 Å². The summed E-state index contributed by atoms with van der Waals surface area (Å²) >= 11 is 1.86. The van der Waals surface area contributed by atoms with Crippen LogP contribution in [0.4, 0.5) is 17.1 Å². The number of para-hydroxylation sites is 6. The molecule has 0 aliphatic carbocycles. The number of nitrogens with zero attached hydrogens (tertiary/aromatic N) is 2. The zero-order valence-electron chi connectivity index (χ0n) is 38.2. The minimum Gasteiger partial charge on any atom is -0.455 e. The van der Waals surface area contributed by atoms with Crippen molar-refractivity contribution in [3.05, 3.63) is 243 Å². The number of anilines is 3. The molecule has 0 amide bonds. The van der Waals surface area contributed by atoms with Crippen LogP contribution < -0.4 is 4.90 Å². The maximum atomic E-state index is 7.09. The summed E-state index contributed by atoms with van der Waals surface area (Å²) in [6, 6.07) is 87.3. The number of aromatic nitrogens is 1. The Morgan fingerprint density at radius 3 is 1.59 bits per heavy atom. The van der Waals surface area contributed by atoms with Crippen molar-refractivity contribution in [2.45, 2.75) is 0 Å². The molecule has 0 spiro atoms. The second-order valence-electron chi connectivity index (χ2n) is 18.3. The molecule has 0 aliphatic heterocycles. The third-order valence-corrected chi connectivity index (χ3v) is 15.7. The van der Waals surface area contributed by atoms with Crippen LogP contribution in [-0.2, 0) is 0 Å². The molecule has 5 heteroatoms. The summed E-state index contributed by atoms with van der Waals surface area (Å²) in [4.78, 5) is 2.39. The van der Waals surface area contributed by atoms with Crippen LogP contribution in [0.3, 0.4) is 0 Å². The van der Waals surface area contributed by atoms with Gasteiger partial charge in [0, 0.05) is 75.2 Å². The van der Waals surface area contributed by atoms with E-state index in [9.17, 15) is 0 Å². The quantitative estimate of drug-likeness (QED) is 0.160. The zero-order chi connectivity index (χ0) is 46.6. The molecule has 0 radical (unpaired) electrons. The van der Waals surface area contributed by atoms with Crippen molar-refractivity contribution in [2.24, 2.45) is 0 Å². The molecule has 0 N–H and O–H groups in total. The van der Waals surface area contributed by atoms with Crippen molar-refractivity contribution in [3.63, 3.8) is 0 Å². The highest BCUT2D eigenvalue weighted by atomic mass is 32.1. The number of furan rings is 2. The van der Waals surface area contributed by atoms with Crippen molar-refractivity contribution in [2.75, 3.05) is 4.90 Å². The van der Waals surface area contributed by atoms with E-state index in [1.165, 1.54) is 42.1 Å². The maximum absolute atomic E-state index is 7.09. The molecular weight excluding hydrogens is 885 g/mol. The Hall–Kier alpha value is -9.16. The van der Waals surface area contributed by atoms with E-state index in [4.69, 9.17) is 8.83 Å². The number of thiophene rings is 1. The molecular formula is C66H40N2O2S. The Bertz CT molecular complexity index is 4380. The Kier molecular flexibility index (Phi) is 8.79. The molecule has 0 saturated heterocycles. The Balaban J connectivity index is 0.934. The largest absolute Gasteiger partial charge is 0.455 e. The van der Waals surface area contributed by atoms with Gasteiger partial charge < -0.3 is 18.3 Å². The highest BCUT2D eigenvalue weighted by Gasteiger charge is 2.25. The molecule has 0 fully saturated rings. The van der Waals surface area contributed by atoms with Gasteiger partial charge in [-0.3, -0.25) is 0 Å². The van der Waals surface area contributed by atoms with Gasteiger partial charge in [-0.15, -0.1) is 11.3 Å². The smallest absolute Gasteiger partial charge is 0.145 e. The number of rotatable bonds is 7. The summed E-state index contributed by atoms with van der Waals surface area (Å²) in [7, 11) is 0. The van der Waals surface area contributed by atoms with Gasteiger partial charge in [0.2, 0.25) is 0 Å². The van der Waals surface area contributed by atoms with Crippen molar-refractivity contribution in [1.82, 2.24) is 4.57 Å². The standard InChI is InChI=1S/C66H40N2O2S/c1-7-25-56-47(15-1)48-16-2-8-26-57(48)68(56)58-27-9-3-17-49(58)53-39-40-59(63-55-20-5-11-29-61(55)70-65(53)63)67(43-35-31-41(32-36-43)45-21-13-23-52-50-18-4-10-28-60(50)69-64(45)52)44-37-33-42(34-38-44)46-22-14-24-54-51-19-6-12-30-62(51)71-66(46)54/h1-40H. The monoisotopic (exact) mass is 924 g/mol. The van der Waals surface area contributed by atoms with Crippen molar-refractivity contribution >= 4 is 114 Å². The molecule has 4 heterocycles. The fraction of sp³-hybridized carbons (Fsp3) is 0. The lowest BCUT2D eigenvalue weighted by Gasteiger charge is -2.27. The first-order valence-electron chi connectivity index (χ1n) is 24.1. The fourth-order valence-corrected chi connectivity index (χ4v) is 12.5. The summed E-state index contributed by atoms with van der Waals surface area (Å²) in [5, 5.41) is 9.39. The Morgan fingerprint density at radius 1 is 0.338 bits per heavy atom. The maximum Gasteiger partial charge on any atom is 0.145 e. The normalized spacial score (nSPS) is 11.9. The van der Waals surface area contributed by atoms with E-state index in [1.807, 2.05) is 23.5 Å². The average molecular weight is 925 g/mol. The minimum absolute atomic E-state index is 0.836. The van der Waals surface area contributed by atoms with E-state index in [1.54, 1.807) is 0 Å². The fourth-order valence-electron chi connectivity index (χ4n) is 11.2. The second-order valence-corrected chi connectivity index (χ2v) is 19.4. The van der Waals surface area contributed by atoms with Gasteiger partial charge in [0.05, 0.1) is 27.8 Å². The van der Waals surface area contributed by atoms with E-state index in [-0.39, 0.29) is 0 Å². The molecule has 0 unspecified atom stereocenters. The van der Waals surface area contributed by atoms with Gasteiger partial charge in [-0.2, -0.15) is 0 Å². The van der Waals surface area contributed by atoms with Gasteiger partial charge in [-0.25, -0.2) is 0 Å². The summed E-state index contributed by atoms with van der Waals surface area (Å²) in [6.45, 7) is 0. The van der Waals surface area contributed by atoms with Gasteiger partial charge in [0.25, 0.3) is 0 Å². The number of fused-ring (bicyclic) bond motifs is 12. The molecule has 15 rings (SSSR count). The summed E-state index contributed by atoms with van der Waals surface area (Å²) in [5.74, 6) is 0. The Morgan fingerprint density at radius 2 is 0.859 bits per heavy atom. The van der Waals surface area contributed by atoms with Crippen LogP contribution in [0.5, 0.6) is 0 Å². The van der Waals surface area contributed by atoms with Gasteiger partial charge in [-0.05, 0) is 89.5 Å². The van der Waals surface area contributed by atoms with Gasteiger partial charge >= 0.3 is 0 Å². The van der Waals surface area contributed by atoms with Crippen molar-refractivity contribution < 1.29 is 8.83 Å². The lowest BCUT2D eigenvalue weighted by Crippen LogP contribution is -2.10. The highest BCUT2D eigenvalue weighted by Crippen LogP contribution is 2.49. The topological polar surface area (TPSA) is 34.5 Å². The lowest BCUT2D eigenvalue weighted by molar-refractivity contribution is 0.669. The van der Waals surface area contributed by atoms with E-state index in [0.29, 0.717) is 0 Å². The van der Waals surface area contributed by atoms with Crippen LogP contribution >= 0.6 is 11.3 Å². The second kappa shape index (κ2) is 15.7. The third kappa shape index (κ3) is 6.10. The molecule has 0 aliphatic rings. The summed E-state index contributed by atoms with van der Waals surface area (Å²) in [6.07, 6.45) is 0. The van der Waals surface area contributed by atoms with Gasteiger partial charge in [-0.1, -0.05) is 170 Å². The number of benzene rings is 11. The first-order valence-corrected chi connectivity index (χ1v) is 24.9. The van der Waals surface area contributed by atoms with E-state index in [0.717, 1.165) is 99.9 Å².